The van der Waals surface area contributed by atoms with Gasteiger partial charge in [0.25, 0.3) is 0 Å². The van der Waals surface area contributed by atoms with Gasteiger partial charge in [-0.25, -0.2) is 4.79 Å². The molecule has 23 heavy (non-hydrogen) atoms. The van der Waals surface area contributed by atoms with Gasteiger partial charge in [0, 0.05) is 12.2 Å². The average molecular weight is 313 g/mol. The predicted octanol–water partition coefficient (Wildman–Crippen LogP) is 4.13. The molecule has 0 bridgehead atoms. The van der Waals surface area contributed by atoms with Gasteiger partial charge in [-0.2, -0.15) is 0 Å². The van der Waals surface area contributed by atoms with Gasteiger partial charge in [-0.1, -0.05) is 31.5 Å². The Labute approximate surface area is 137 Å². The Bertz CT molecular complexity index is 650. The monoisotopic (exact) mass is 313 g/mol. The highest BCUT2D eigenvalue weighted by atomic mass is 16.5. The number of benzene rings is 2. The average Bonchev–Trinajstić information content (AvgIpc) is 2.59. The van der Waals surface area contributed by atoms with E-state index in [2.05, 4.69) is 41.2 Å². The molecule has 0 atom stereocenters. The first kappa shape index (κ1) is 16.9. The summed E-state index contributed by atoms with van der Waals surface area (Å²) in [7, 11) is 1.30. The van der Waals surface area contributed by atoms with Crippen molar-refractivity contribution in [3.63, 3.8) is 0 Å². The number of carbonyl (C=O) groups is 1. The number of unbranched alkanes of at least 4 members (excludes halogenated alkanes) is 1. The van der Waals surface area contributed by atoms with Crippen LogP contribution in [0.4, 0.5) is 5.69 Å². The Morgan fingerprint density at radius 2 is 1.83 bits per heavy atom. The van der Waals surface area contributed by atoms with Gasteiger partial charge in [-0.05, 0) is 48.2 Å². The van der Waals surface area contributed by atoms with Crippen LogP contribution in [0.15, 0.2) is 42.5 Å². The van der Waals surface area contributed by atoms with E-state index >= 15 is 0 Å². The number of aryl methyl sites for hydroxylation is 1. The Morgan fingerprint density at radius 3 is 2.48 bits per heavy atom. The van der Waals surface area contributed by atoms with Gasteiger partial charge in [-0.15, -0.1) is 0 Å². The number of carbonyl (C=O) groups excluding carboxylic acids is 1. The number of rotatable bonds is 7. The number of phenols is 1. The van der Waals surface area contributed by atoms with Gasteiger partial charge in [0.15, 0.2) is 0 Å². The molecule has 0 spiro atoms. The molecule has 0 fully saturated rings. The largest absolute Gasteiger partial charge is 0.507 e. The number of phenolic OH excluding ortho intramolecular Hbond substituents is 1. The maximum Gasteiger partial charge on any atom is 0.341 e. The fraction of sp³-hybridized carbons (Fsp3) is 0.316. The van der Waals surface area contributed by atoms with Crippen molar-refractivity contribution < 1.29 is 14.6 Å². The topological polar surface area (TPSA) is 58.6 Å². The van der Waals surface area contributed by atoms with Crippen LogP contribution in [0.25, 0.3) is 0 Å². The first-order valence-electron chi connectivity index (χ1n) is 7.87. The summed E-state index contributed by atoms with van der Waals surface area (Å²) in [6.45, 7) is 2.76. The van der Waals surface area contributed by atoms with Gasteiger partial charge in [0.05, 0.1) is 7.11 Å². The molecule has 4 heteroatoms. The van der Waals surface area contributed by atoms with E-state index in [1.807, 2.05) is 0 Å². The zero-order valence-corrected chi connectivity index (χ0v) is 13.6. The number of aromatic hydroxyl groups is 1. The van der Waals surface area contributed by atoms with E-state index in [4.69, 9.17) is 0 Å². The van der Waals surface area contributed by atoms with Crippen LogP contribution >= 0.6 is 0 Å². The van der Waals surface area contributed by atoms with Crippen molar-refractivity contribution in [2.45, 2.75) is 32.7 Å². The highest BCUT2D eigenvalue weighted by molar-refractivity contribution is 5.92. The van der Waals surface area contributed by atoms with Crippen LogP contribution < -0.4 is 5.32 Å². The number of nitrogens with one attached hydrogen (secondary N) is 1. The Morgan fingerprint density at radius 1 is 1.13 bits per heavy atom. The van der Waals surface area contributed by atoms with E-state index in [0.717, 1.165) is 17.7 Å². The maximum atomic E-state index is 11.6. The Hall–Kier alpha value is -2.49. The summed E-state index contributed by atoms with van der Waals surface area (Å²) >= 11 is 0. The minimum Gasteiger partial charge on any atom is -0.507 e. The molecule has 0 aromatic heterocycles. The minimum atomic E-state index is -0.537. The molecule has 0 aliphatic rings. The second-order valence-corrected chi connectivity index (χ2v) is 5.50. The van der Waals surface area contributed by atoms with Gasteiger partial charge < -0.3 is 15.2 Å². The molecule has 2 aromatic carbocycles. The number of methoxy groups -OCH3 is 1. The summed E-state index contributed by atoms with van der Waals surface area (Å²) in [5.41, 5.74) is 3.45. The lowest BCUT2D eigenvalue weighted by atomic mass is 10.1. The second-order valence-electron chi connectivity index (χ2n) is 5.50. The van der Waals surface area contributed by atoms with Crippen molar-refractivity contribution in [3.05, 3.63) is 59.2 Å². The van der Waals surface area contributed by atoms with Crippen molar-refractivity contribution in [2.24, 2.45) is 0 Å². The van der Waals surface area contributed by atoms with Gasteiger partial charge >= 0.3 is 5.97 Å². The quantitative estimate of drug-likeness (QED) is 0.754. The first-order valence-corrected chi connectivity index (χ1v) is 7.87. The number of esters is 1. The smallest absolute Gasteiger partial charge is 0.341 e. The fourth-order valence-electron chi connectivity index (χ4n) is 2.34. The molecular formula is C19H23NO3. The van der Waals surface area contributed by atoms with E-state index < -0.39 is 5.97 Å². The van der Waals surface area contributed by atoms with Gasteiger partial charge in [-0.3, -0.25) is 0 Å². The molecule has 0 unspecified atom stereocenters. The second kappa shape index (κ2) is 8.22. The molecule has 122 valence electrons. The van der Waals surface area contributed by atoms with E-state index in [0.29, 0.717) is 6.54 Å². The lowest BCUT2D eigenvalue weighted by Crippen LogP contribution is -2.05. The Kier molecular flexibility index (Phi) is 6.03. The molecule has 0 amide bonds. The lowest BCUT2D eigenvalue weighted by molar-refractivity contribution is 0.0597. The summed E-state index contributed by atoms with van der Waals surface area (Å²) in [5.74, 6) is -0.606. The predicted molar refractivity (Wildman–Crippen MR) is 91.8 cm³/mol. The summed E-state index contributed by atoms with van der Waals surface area (Å²) in [6.07, 6.45) is 3.51. The number of hydrogen-bond acceptors (Lipinski definition) is 4. The number of hydrogen-bond donors (Lipinski definition) is 2. The maximum absolute atomic E-state index is 11.6. The highest BCUT2D eigenvalue weighted by Gasteiger charge is 2.11. The Balaban J connectivity index is 1.99. The summed E-state index contributed by atoms with van der Waals surface area (Å²) in [6, 6.07) is 13.3. The lowest BCUT2D eigenvalue weighted by Gasteiger charge is -2.09. The van der Waals surface area contributed by atoms with Crippen molar-refractivity contribution in [3.8, 4) is 5.75 Å². The zero-order chi connectivity index (χ0) is 16.7. The van der Waals surface area contributed by atoms with Crippen molar-refractivity contribution in [2.75, 3.05) is 12.4 Å². The van der Waals surface area contributed by atoms with Crippen LogP contribution in [0.2, 0.25) is 0 Å². The molecule has 0 saturated carbocycles. The first-order chi connectivity index (χ1) is 11.1. The third-order valence-electron chi connectivity index (χ3n) is 3.74. The molecular weight excluding hydrogens is 290 g/mol. The summed E-state index contributed by atoms with van der Waals surface area (Å²) in [5, 5.41) is 13.0. The highest BCUT2D eigenvalue weighted by Crippen LogP contribution is 2.20. The number of anilines is 1. The van der Waals surface area contributed by atoms with Crippen molar-refractivity contribution in [1.82, 2.24) is 0 Å². The molecule has 0 saturated heterocycles. The third kappa shape index (κ3) is 4.74. The fourth-order valence-corrected chi connectivity index (χ4v) is 2.34. The summed E-state index contributed by atoms with van der Waals surface area (Å²) in [4.78, 5) is 11.6. The SMILES string of the molecule is CCCCc1ccc(NCc2ccc(O)c(C(=O)OC)c2)cc1. The van der Waals surface area contributed by atoms with Gasteiger partial charge in [0.2, 0.25) is 0 Å². The molecule has 4 nitrogen and oxygen atoms in total. The van der Waals surface area contributed by atoms with E-state index in [9.17, 15) is 9.90 Å². The molecule has 2 aromatic rings. The minimum absolute atomic E-state index is 0.0686. The van der Waals surface area contributed by atoms with Crippen molar-refractivity contribution >= 4 is 11.7 Å². The molecule has 0 radical (unpaired) electrons. The van der Waals surface area contributed by atoms with E-state index in [1.165, 1.54) is 31.6 Å². The number of ether oxygens (including phenoxy) is 1. The normalized spacial score (nSPS) is 10.3. The summed E-state index contributed by atoms with van der Waals surface area (Å²) < 4.78 is 4.66. The van der Waals surface area contributed by atoms with Crippen LogP contribution in [0.3, 0.4) is 0 Å². The van der Waals surface area contributed by atoms with Crippen LogP contribution in [-0.4, -0.2) is 18.2 Å². The third-order valence-corrected chi connectivity index (χ3v) is 3.74. The van der Waals surface area contributed by atoms with Crippen LogP contribution in [0.5, 0.6) is 5.75 Å². The van der Waals surface area contributed by atoms with Crippen LogP contribution in [0, 0.1) is 0 Å². The molecule has 2 N–H and O–H groups in total. The van der Waals surface area contributed by atoms with E-state index in [1.54, 1.807) is 12.1 Å². The van der Waals surface area contributed by atoms with Crippen LogP contribution in [-0.2, 0) is 17.7 Å². The standard InChI is InChI=1S/C19H23NO3/c1-3-4-5-14-6-9-16(10-7-14)20-13-15-8-11-18(21)17(12-15)19(22)23-2/h6-12,20-21H,3-5,13H2,1-2H3. The molecule has 0 heterocycles. The van der Waals surface area contributed by atoms with Gasteiger partial charge in [0.1, 0.15) is 11.3 Å². The molecule has 0 aliphatic carbocycles. The van der Waals surface area contributed by atoms with Crippen molar-refractivity contribution in [1.29, 1.82) is 0 Å². The van der Waals surface area contributed by atoms with E-state index in [-0.39, 0.29) is 11.3 Å². The molecule has 2 rings (SSSR count). The van der Waals surface area contributed by atoms with Crippen LogP contribution in [0.1, 0.15) is 41.3 Å². The zero-order valence-electron chi connectivity index (χ0n) is 13.6. The molecule has 0 aliphatic heterocycles.